The predicted octanol–water partition coefficient (Wildman–Crippen LogP) is 3.72. The van der Waals surface area contributed by atoms with Crippen molar-refractivity contribution in [1.82, 2.24) is 9.80 Å². The zero-order valence-electron chi connectivity index (χ0n) is 18.6. The number of carbonyl (C=O) groups excluding carboxylic acids is 2. The number of rotatable bonds is 5. The Labute approximate surface area is 197 Å². The Morgan fingerprint density at radius 2 is 2.00 bits per heavy atom. The molecule has 3 heterocycles. The average molecular weight is 472 g/mol. The van der Waals surface area contributed by atoms with E-state index in [4.69, 9.17) is 11.6 Å². The highest BCUT2D eigenvalue weighted by molar-refractivity contribution is 6.31. The van der Waals surface area contributed by atoms with Crippen LogP contribution in [0.25, 0.3) is 0 Å². The van der Waals surface area contributed by atoms with E-state index in [1.165, 1.54) is 13.8 Å². The van der Waals surface area contributed by atoms with E-state index in [1.54, 1.807) is 28.0 Å². The van der Waals surface area contributed by atoms with Gasteiger partial charge in [-0.1, -0.05) is 35.9 Å². The maximum absolute atomic E-state index is 14.9. The van der Waals surface area contributed by atoms with E-state index in [1.807, 2.05) is 24.3 Å². The number of halogens is 2. The average Bonchev–Trinajstić information content (AvgIpc) is 3.42. The van der Waals surface area contributed by atoms with Crippen molar-refractivity contribution >= 4 is 29.1 Å². The van der Waals surface area contributed by atoms with E-state index in [2.05, 4.69) is 5.32 Å². The van der Waals surface area contributed by atoms with E-state index >= 15 is 0 Å². The maximum Gasteiger partial charge on any atom is 0.254 e. The minimum absolute atomic E-state index is 0.0338. The third-order valence-electron chi connectivity index (χ3n) is 7.14. The second-order valence-electron chi connectivity index (χ2n) is 9.94. The molecular formula is C25H27ClFN3O3. The lowest BCUT2D eigenvalue weighted by Crippen LogP contribution is -2.54. The Kier molecular flexibility index (Phi) is 5.27. The summed E-state index contributed by atoms with van der Waals surface area (Å²) in [5.74, 6) is -0.348. The molecule has 0 aliphatic carbocycles. The number of anilines is 1. The molecule has 5 rings (SSSR count). The smallest absolute Gasteiger partial charge is 0.254 e. The molecule has 1 fully saturated rings. The van der Waals surface area contributed by atoms with Crippen LogP contribution in [0.15, 0.2) is 42.5 Å². The SMILES string of the molecule is CC(C)(F)C[C@@H](C(O)N1CC[C@@]2(C1)C(=O)Nc1ccccc12)N1Cc2ccc(Cl)cc2C1=O. The quantitative estimate of drug-likeness (QED) is 0.697. The van der Waals surface area contributed by atoms with Crippen molar-refractivity contribution < 1.29 is 19.1 Å². The Bertz CT molecular complexity index is 1130. The number of alkyl halides is 1. The number of nitrogens with zero attached hydrogens (tertiary/aromatic N) is 2. The molecule has 2 amide bonds. The standard InChI is InChI=1S/C25H27ClFN3O3/c1-24(2,27)12-20(30-13-15-7-8-16(26)11-17(15)21(30)31)22(32)29-10-9-25(14-29)18-5-3-4-6-19(18)28-23(25)33/h3-8,11,20,22,32H,9-10,12-14H2,1-2H3,(H,28,33)/t20-,22?,25-/m0/s1. The van der Waals surface area contributed by atoms with E-state index in [0.29, 0.717) is 30.1 Å². The van der Waals surface area contributed by atoms with Gasteiger partial charge in [-0.3, -0.25) is 14.5 Å². The lowest BCUT2D eigenvalue weighted by molar-refractivity contribution is -0.121. The molecular weight excluding hydrogens is 445 g/mol. The molecule has 8 heteroatoms. The zero-order valence-corrected chi connectivity index (χ0v) is 19.4. The molecule has 2 aromatic rings. The highest BCUT2D eigenvalue weighted by Crippen LogP contribution is 2.45. The van der Waals surface area contributed by atoms with Crippen LogP contribution >= 0.6 is 11.6 Å². The number of hydrogen-bond acceptors (Lipinski definition) is 4. The number of fused-ring (bicyclic) bond motifs is 3. The molecule has 3 atom stereocenters. The van der Waals surface area contributed by atoms with Crippen molar-refractivity contribution in [3.8, 4) is 0 Å². The summed E-state index contributed by atoms with van der Waals surface area (Å²) in [7, 11) is 0. The molecule has 0 radical (unpaired) electrons. The largest absolute Gasteiger partial charge is 0.376 e. The van der Waals surface area contributed by atoms with Crippen molar-refractivity contribution in [3.63, 3.8) is 0 Å². The van der Waals surface area contributed by atoms with Gasteiger partial charge in [-0.05, 0) is 49.6 Å². The molecule has 3 aliphatic heterocycles. The molecule has 1 unspecified atom stereocenters. The summed E-state index contributed by atoms with van der Waals surface area (Å²) in [5.41, 5.74) is 0.652. The molecule has 0 saturated carbocycles. The van der Waals surface area contributed by atoms with Gasteiger partial charge < -0.3 is 15.3 Å². The van der Waals surface area contributed by atoms with E-state index < -0.39 is 23.4 Å². The molecule has 2 N–H and O–H groups in total. The van der Waals surface area contributed by atoms with Gasteiger partial charge in [0.1, 0.15) is 11.9 Å². The van der Waals surface area contributed by atoms with Crippen LogP contribution in [0, 0.1) is 0 Å². The second kappa shape index (κ2) is 7.79. The van der Waals surface area contributed by atoms with Gasteiger partial charge in [-0.15, -0.1) is 0 Å². The van der Waals surface area contributed by atoms with Gasteiger partial charge in [0.15, 0.2) is 0 Å². The first kappa shape index (κ1) is 22.3. The first-order valence-corrected chi connectivity index (χ1v) is 11.6. The number of aliphatic hydroxyl groups excluding tert-OH is 1. The van der Waals surface area contributed by atoms with Gasteiger partial charge in [0.05, 0.1) is 11.5 Å². The van der Waals surface area contributed by atoms with Crippen LogP contribution in [-0.2, 0) is 16.8 Å². The van der Waals surface area contributed by atoms with Gasteiger partial charge in [0.2, 0.25) is 5.91 Å². The summed E-state index contributed by atoms with van der Waals surface area (Å²) in [6, 6.07) is 12.0. The minimum atomic E-state index is -1.60. The fraction of sp³-hybridized carbons (Fsp3) is 0.440. The number of benzene rings is 2. The van der Waals surface area contributed by atoms with Crippen LogP contribution < -0.4 is 5.32 Å². The normalized spacial score (nSPS) is 24.2. The summed E-state index contributed by atoms with van der Waals surface area (Å²) < 4.78 is 14.9. The minimum Gasteiger partial charge on any atom is -0.376 e. The fourth-order valence-corrected chi connectivity index (χ4v) is 5.70. The molecule has 0 aromatic heterocycles. The van der Waals surface area contributed by atoms with E-state index in [0.717, 1.165) is 16.8 Å². The summed E-state index contributed by atoms with van der Waals surface area (Å²) in [6.07, 6.45) is -0.607. The number of para-hydroxylation sites is 1. The van der Waals surface area contributed by atoms with E-state index in [9.17, 15) is 19.1 Å². The number of aliphatic hydroxyl groups is 1. The Hall–Kier alpha value is -2.48. The molecule has 0 bridgehead atoms. The maximum atomic E-state index is 14.9. The molecule has 3 aliphatic rings. The van der Waals surface area contributed by atoms with Crippen molar-refractivity contribution in [3.05, 3.63) is 64.2 Å². The van der Waals surface area contributed by atoms with Crippen LogP contribution in [0.4, 0.5) is 10.1 Å². The molecule has 33 heavy (non-hydrogen) atoms. The zero-order chi connectivity index (χ0) is 23.5. The third-order valence-corrected chi connectivity index (χ3v) is 7.38. The summed E-state index contributed by atoms with van der Waals surface area (Å²) in [6.45, 7) is 3.95. The number of nitrogens with one attached hydrogen (secondary N) is 1. The molecule has 1 saturated heterocycles. The van der Waals surface area contributed by atoms with Crippen LogP contribution in [0.3, 0.4) is 0 Å². The Balaban J connectivity index is 1.43. The van der Waals surface area contributed by atoms with Crippen LogP contribution in [0.5, 0.6) is 0 Å². The summed E-state index contributed by atoms with van der Waals surface area (Å²) >= 11 is 6.09. The van der Waals surface area contributed by atoms with Crippen molar-refractivity contribution in [2.24, 2.45) is 0 Å². The number of likely N-dealkylation sites (tertiary alicyclic amines) is 1. The molecule has 6 nitrogen and oxygen atoms in total. The van der Waals surface area contributed by atoms with Crippen LogP contribution in [0.2, 0.25) is 5.02 Å². The fourth-order valence-electron chi connectivity index (χ4n) is 5.52. The number of hydrogen-bond donors (Lipinski definition) is 2. The lowest BCUT2D eigenvalue weighted by Gasteiger charge is -2.38. The van der Waals surface area contributed by atoms with Gasteiger partial charge in [-0.2, -0.15) is 0 Å². The molecule has 174 valence electrons. The number of carbonyl (C=O) groups is 2. The molecule has 2 aromatic carbocycles. The van der Waals surface area contributed by atoms with Crippen molar-refractivity contribution in [2.75, 3.05) is 18.4 Å². The first-order valence-electron chi connectivity index (χ1n) is 11.2. The Morgan fingerprint density at radius 1 is 1.24 bits per heavy atom. The lowest BCUT2D eigenvalue weighted by atomic mass is 9.81. The summed E-state index contributed by atoms with van der Waals surface area (Å²) in [5, 5.41) is 14.9. The second-order valence-corrected chi connectivity index (χ2v) is 10.4. The van der Waals surface area contributed by atoms with Crippen molar-refractivity contribution in [1.29, 1.82) is 0 Å². The topological polar surface area (TPSA) is 72.9 Å². The molecule has 1 spiro atoms. The monoisotopic (exact) mass is 471 g/mol. The highest BCUT2D eigenvalue weighted by Gasteiger charge is 2.53. The predicted molar refractivity (Wildman–Crippen MR) is 124 cm³/mol. The van der Waals surface area contributed by atoms with Crippen LogP contribution in [0.1, 0.15) is 48.2 Å². The first-order chi connectivity index (χ1) is 15.6. The third kappa shape index (κ3) is 3.72. The highest BCUT2D eigenvalue weighted by atomic mass is 35.5. The van der Waals surface area contributed by atoms with Gasteiger partial charge in [0, 0.05) is 42.3 Å². The van der Waals surface area contributed by atoms with Gasteiger partial charge in [0.25, 0.3) is 5.91 Å². The van der Waals surface area contributed by atoms with Gasteiger partial charge >= 0.3 is 0 Å². The van der Waals surface area contributed by atoms with E-state index in [-0.39, 0.29) is 24.8 Å². The van der Waals surface area contributed by atoms with Crippen LogP contribution in [-0.4, -0.2) is 57.7 Å². The van der Waals surface area contributed by atoms with Gasteiger partial charge in [-0.25, -0.2) is 4.39 Å². The van der Waals surface area contributed by atoms with Crippen molar-refractivity contribution in [2.45, 2.75) is 56.6 Å². The number of amides is 2. The summed E-state index contributed by atoms with van der Waals surface area (Å²) in [4.78, 5) is 29.5. The Morgan fingerprint density at radius 3 is 2.76 bits per heavy atom.